The zero-order valence-corrected chi connectivity index (χ0v) is 11.1. The van der Waals surface area contributed by atoms with E-state index in [-0.39, 0.29) is 0 Å². The topological polar surface area (TPSA) is 59.8 Å². The predicted molar refractivity (Wildman–Crippen MR) is 76.0 cm³/mol. The van der Waals surface area contributed by atoms with Gasteiger partial charge in [-0.3, -0.25) is 0 Å². The van der Waals surface area contributed by atoms with Gasteiger partial charge in [0.15, 0.2) is 5.11 Å². The van der Waals surface area contributed by atoms with Crippen molar-refractivity contribution in [1.29, 1.82) is 0 Å². The fourth-order valence-corrected chi connectivity index (χ4v) is 2.08. The highest BCUT2D eigenvalue weighted by molar-refractivity contribution is 7.80. The van der Waals surface area contributed by atoms with Gasteiger partial charge in [0, 0.05) is 18.8 Å². The van der Waals surface area contributed by atoms with Crippen LogP contribution in [0.4, 0.5) is 11.4 Å². The summed E-state index contributed by atoms with van der Waals surface area (Å²) in [5.74, 6) is 0.722. The number of hydrogen-bond acceptors (Lipinski definition) is 4. The van der Waals surface area contributed by atoms with Crippen LogP contribution in [0, 0.1) is 0 Å². The maximum absolute atomic E-state index is 5.76. The van der Waals surface area contributed by atoms with Crippen LogP contribution in [0.3, 0.4) is 0 Å². The first-order chi connectivity index (χ1) is 8.70. The Bertz CT molecular complexity index is 433. The molecular formula is C12H17N3O2S. The molecule has 6 heteroatoms. The molecule has 1 saturated heterocycles. The lowest BCUT2D eigenvalue weighted by Crippen LogP contribution is -2.42. The van der Waals surface area contributed by atoms with Crippen molar-refractivity contribution < 1.29 is 9.47 Å². The molecule has 18 heavy (non-hydrogen) atoms. The van der Waals surface area contributed by atoms with Gasteiger partial charge in [-0.1, -0.05) is 0 Å². The first-order valence-corrected chi connectivity index (χ1v) is 6.18. The van der Waals surface area contributed by atoms with Gasteiger partial charge in [0.05, 0.1) is 26.0 Å². The van der Waals surface area contributed by atoms with Crippen LogP contribution in [0.5, 0.6) is 5.75 Å². The van der Waals surface area contributed by atoms with Gasteiger partial charge in [-0.2, -0.15) is 0 Å². The standard InChI is InChI=1S/C12H17N3O2S/c1-16-11-3-2-9(13)8-10(11)14-12(18)15-4-6-17-7-5-15/h2-3,8H,4-7,13H2,1H3,(H,14,18). The molecular weight excluding hydrogens is 250 g/mol. The maximum Gasteiger partial charge on any atom is 0.173 e. The van der Waals surface area contributed by atoms with E-state index in [2.05, 4.69) is 10.2 Å². The van der Waals surface area contributed by atoms with Crippen molar-refractivity contribution in [1.82, 2.24) is 4.90 Å². The van der Waals surface area contributed by atoms with Crippen LogP contribution in [-0.4, -0.2) is 43.4 Å². The van der Waals surface area contributed by atoms with E-state index in [4.69, 9.17) is 27.4 Å². The van der Waals surface area contributed by atoms with Gasteiger partial charge in [-0.25, -0.2) is 0 Å². The molecule has 98 valence electrons. The molecule has 1 aromatic rings. The molecule has 0 aromatic heterocycles. The number of anilines is 2. The Labute approximate surface area is 112 Å². The quantitative estimate of drug-likeness (QED) is 0.622. The van der Waals surface area contributed by atoms with Gasteiger partial charge < -0.3 is 25.4 Å². The summed E-state index contributed by atoms with van der Waals surface area (Å²) < 4.78 is 10.6. The van der Waals surface area contributed by atoms with E-state index in [0.29, 0.717) is 24.0 Å². The summed E-state index contributed by atoms with van der Waals surface area (Å²) in [7, 11) is 1.62. The smallest absolute Gasteiger partial charge is 0.173 e. The number of nitrogen functional groups attached to an aromatic ring is 1. The minimum Gasteiger partial charge on any atom is -0.495 e. The summed E-state index contributed by atoms with van der Waals surface area (Å²) >= 11 is 5.37. The third kappa shape index (κ3) is 3.02. The molecule has 5 nitrogen and oxygen atoms in total. The molecule has 0 aliphatic carbocycles. The van der Waals surface area contributed by atoms with Crippen molar-refractivity contribution in [2.24, 2.45) is 0 Å². The molecule has 0 atom stereocenters. The van der Waals surface area contributed by atoms with Crippen molar-refractivity contribution in [3.63, 3.8) is 0 Å². The molecule has 0 amide bonds. The number of nitrogens with two attached hydrogens (primary N) is 1. The maximum atomic E-state index is 5.76. The average Bonchev–Trinajstić information content (AvgIpc) is 2.40. The molecule has 1 aliphatic rings. The van der Waals surface area contributed by atoms with Gasteiger partial charge in [0.1, 0.15) is 5.75 Å². The summed E-state index contributed by atoms with van der Waals surface area (Å²) in [4.78, 5) is 2.07. The highest BCUT2D eigenvalue weighted by atomic mass is 32.1. The van der Waals surface area contributed by atoms with Gasteiger partial charge in [0.25, 0.3) is 0 Å². The highest BCUT2D eigenvalue weighted by Crippen LogP contribution is 2.26. The second-order valence-corrected chi connectivity index (χ2v) is 4.38. The molecule has 2 rings (SSSR count). The molecule has 1 fully saturated rings. The Morgan fingerprint density at radius 2 is 2.17 bits per heavy atom. The third-order valence-corrected chi connectivity index (χ3v) is 3.12. The second kappa shape index (κ2) is 5.88. The van der Waals surface area contributed by atoms with E-state index in [9.17, 15) is 0 Å². The van der Waals surface area contributed by atoms with Gasteiger partial charge in [0.2, 0.25) is 0 Å². The molecule has 0 radical (unpaired) electrons. The number of nitrogens with zero attached hydrogens (tertiary/aromatic N) is 1. The van der Waals surface area contributed by atoms with Gasteiger partial charge >= 0.3 is 0 Å². The molecule has 3 N–H and O–H groups in total. The lowest BCUT2D eigenvalue weighted by molar-refractivity contribution is 0.0690. The average molecular weight is 267 g/mol. The largest absolute Gasteiger partial charge is 0.495 e. The summed E-state index contributed by atoms with van der Waals surface area (Å²) in [5, 5.41) is 3.84. The molecule has 0 unspecified atom stereocenters. The van der Waals surface area contributed by atoms with Gasteiger partial charge in [-0.05, 0) is 30.4 Å². The first kappa shape index (κ1) is 12.9. The van der Waals surface area contributed by atoms with E-state index in [1.807, 2.05) is 12.1 Å². The number of thiocarbonyl (C=S) groups is 1. The minimum absolute atomic E-state index is 0.669. The number of morpholine rings is 1. The number of methoxy groups -OCH3 is 1. The lowest BCUT2D eigenvalue weighted by atomic mass is 10.2. The normalized spacial score (nSPS) is 15.3. The van der Waals surface area contributed by atoms with Crippen molar-refractivity contribution >= 4 is 28.7 Å². The molecule has 1 aromatic carbocycles. The van der Waals surface area contributed by atoms with E-state index < -0.39 is 0 Å². The zero-order valence-electron chi connectivity index (χ0n) is 10.3. The van der Waals surface area contributed by atoms with Crippen LogP contribution in [-0.2, 0) is 4.74 Å². The lowest BCUT2D eigenvalue weighted by Gasteiger charge is -2.29. The number of rotatable bonds is 2. The molecule has 0 saturated carbocycles. The van der Waals surface area contributed by atoms with Crippen molar-refractivity contribution in [3.8, 4) is 5.75 Å². The zero-order chi connectivity index (χ0) is 13.0. The van der Waals surface area contributed by atoms with Crippen molar-refractivity contribution in [2.75, 3.05) is 44.5 Å². The van der Waals surface area contributed by atoms with Crippen molar-refractivity contribution in [3.05, 3.63) is 18.2 Å². The van der Waals surface area contributed by atoms with Crippen LogP contribution in [0.2, 0.25) is 0 Å². The summed E-state index contributed by atoms with van der Waals surface area (Å²) in [6, 6.07) is 5.42. The number of ether oxygens (including phenoxy) is 2. The highest BCUT2D eigenvalue weighted by Gasteiger charge is 2.15. The van der Waals surface area contributed by atoms with Crippen LogP contribution in [0.1, 0.15) is 0 Å². The van der Waals surface area contributed by atoms with Crippen LogP contribution < -0.4 is 15.8 Å². The molecule has 0 bridgehead atoms. The summed E-state index contributed by atoms with van der Waals surface area (Å²) in [6.07, 6.45) is 0. The second-order valence-electron chi connectivity index (χ2n) is 3.99. The van der Waals surface area contributed by atoms with Crippen LogP contribution in [0.25, 0.3) is 0 Å². The Morgan fingerprint density at radius 1 is 1.44 bits per heavy atom. The van der Waals surface area contributed by atoms with Crippen LogP contribution in [0.15, 0.2) is 18.2 Å². The first-order valence-electron chi connectivity index (χ1n) is 5.78. The minimum atomic E-state index is 0.669. The SMILES string of the molecule is COc1ccc(N)cc1NC(=S)N1CCOCC1. The summed E-state index contributed by atoms with van der Waals surface area (Å²) in [6.45, 7) is 3.01. The van der Waals surface area contributed by atoms with Crippen LogP contribution >= 0.6 is 12.2 Å². The van der Waals surface area contributed by atoms with E-state index in [1.165, 1.54) is 0 Å². The number of nitrogens with one attached hydrogen (secondary N) is 1. The van der Waals surface area contributed by atoms with E-state index in [0.717, 1.165) is 24.5 Å². The van der Waals surface area contributed by atoms with E-state index in [1.54, 1.807) is 13.2 Å². The Balaban J connectivity index is 2.07. The molecule has 1 aliphatic heterocycles. The Morgan fingerprint density at radius 3 is 2.83 bits per heavy atom. The molecule has 1 heterocycles. The van der Waals surface area contributed by atoms with E-state index >= 15 is 0 Å². The summed E-state index contributed by atoms with van der Waals surface area (Å²) in [5.41, 5.74) is 7.22. The monoisotopic (exact) mass is 267 g/mol. The number of benzene rings is 1. The third-order valence-electron chi connectivity index (χ3n) is 2.76. The number of hydrogen-bond donors (Lipinski definition) is 2. The Hall–Kier alpha value is -1.53. The van der Waals surface area contributed by atoms with Gasteiger partial charge in [-0.15, -0.1) is 0 Å². The predicted octanol–water partition coefficient (Wildman–Crippen LogP) is 1.31. The molecule has 0 spiro atoms. The fourth-order valence-electron chi connectivity index (χ4n) is 1.78. The Kier molecular flexibility index (Phi) is 4.22. The fraction of sp³-hybridized carbons (Fsp3) is 0.417. The van der Waals surface area contributed by atoms with Crippen molar-refractivity contribution in [2.45, 2.75) is 0 Å².